The molecule has 2 N–H and O–H groups in total. The fourth-order valence-electron chi connectivity index (χ4n) is 2.94. The first-order chi connectivity index (χ1) is 11.3. The van der Waals surface area contributed by atoms with Gasteiger partial charge < -0.3 is 24.8 Å². The molecule has 134 valence electrons. The van der Waals surface area contributed by atoms with E-state index in [2.05, 4.69) is 15.6 Å². The Morgan fingerprint density at radius 3 is 2.79 bits per heavy atom. The van der Waals surface area contributed by atoms with Gasteiger partial charge in [-0.25, -0.2) is 0 Å². The molecule has 0 radical (unpaired) electrons. The largest absolute Gasteiger partial charge is 0.492 e. The van der Waals surface area contributed by atoms with Crippen LogP contribution in [0.5, 0.6) is 17.2 Å². The minimum atomic E-state index is 0. The Hall–Kier alpha value is -1.38. The highest BCUT2D eigenvalue weighted by Gasteiger charge is 2.15. The van der Waals surface area contributed by atoms with Crippen LogP contribution in [0.1, 0.15) is 32.1 Å². The van der Waals surface area contributed by atoms with Gasteiger partial charge in [0.1, 0.15) is 12.4 Å². The lowest BCUT2D eigenvalue weighted by Crippen LogP contribution is -2.45. The second-order valence-electron chi connectivity index (χ2n) is 5.84. The maximum Gasteiger partial charge on any atom is 0.231 e. The molecular weight excluding hydrogens is 421 g/mol. The Morgan fingerprint density at radius 2 is 2.00 bits per heavy atom. The highest BCUT2D eigenvalue weighted by Crippen LogP contribution is 2.34. The molecule has 6 nitrogen and oxygen atoms in total. The van der Waals surface area contributed by atoms with Crippen LogP contribution >= 0.6 is 24.0 Å². The summed E-state index contributed by atoms with van der Waals surface area (Å²) in [6, 6.07) is 6.17. The summed E-state index contributed by atoms with van der Waals surface area (Å²) in [7, 11) is 1.80. The van der Waals surface area contributed by atoms with Gasteiger partial charge in [-0.15, -0.1) is 24.0 Å². The van der Waals surface area contributed by atoms with E-state index in [1.807, 2.05) is 18.2 Å². The van der Waals surface area contributed by atoms with Crippen molar-refractivity contribution in [2.45, 2.75) is 38.1 Å². The van der Waals surface area contributed by atoms with Gasteiger partial charge in [0.05, 0.1) is 6.54 Å². The summed E-state index contributed by atoms with van der Waals surface area (Å²) in [4.78, 5) is 4.28. The lowest BCUT2D eigenvalue weighted by molar-refractivity contribution is 0.173. The highest BCUT2D eigenvalue weighted by atomic mass is 127. The molecule has 1 heterocycles. The molecule has 0 saturated heterocycles. The van der Waals surface area contributed by atoms with E-state index in [9.17, 15) is 0 Å². The molecule has 1 fully saturated rings. The number of fused-ring (bicyclic) bond motifs is 1. The van der Waals surface area contributed by atoms with E-state index in [-0.39, 0.29) is 30.8 Å². The van der Waals surface area contributed by atoms with Gasteiger partial charge in [-0.2, -0.15) is 0 Å². The third-order valence-corrected chi connectivity index (χ3v) is 4.18. The topological polar surface area (TPSA) is 64.1 Å². The normalized spacial score (nSPS) is 17.1. The number of guanidine groups is 1. The Balaban J connectivity index is 0.00000208. The third-order valence-electron chi connectivity index (χ3n) is 4.18. The third kappa shape index (κ3) is 5.32. The molecule has 3 rings (SSSR count). The first-order valence-corrected chi connectivity index (χ1v) is 8.35. The lowest BCUT2D eigenvalue weighted by atomic mass is 9.96. The maximum absolute atomic E-state index is 5.74. The fourth-order valence-corrected chi connectivity index (χ4v) is 2.94. The number of nitrogens with zero attached hydrogens (tertiary/aromatic N) is 1. The highest BCUT2D eigenvalue weighted by molar-refractivity contribution is 14.0. The van der Waals surface area contributed by atoms with Crippen LogP contribution in [0.3, 0.4) is 0 Å². The zero-order valence-corrected chi connectivity index (χ0v) is 16.4. The SMILES string of the molecule is CN=C(NCCOc1ccc2c(c1)OCO2)NC1CCCCC1.I. The molecule has 24 heavy (non-hydrogen) atoms. The summed E-state index contributed by atoms with van der Waals surface area (Å²) in [5.41, 5.74) is 0. The van der Waals surface area contributed by atoms with Crippen molar-refractivity contribution < 1.29 is 14.2 Å². The van der Waals surface area contributed by atoms with Gasteiger partial charge in [-0.1, -0.05) is 19.3 Å². The smallest absolute Gasteiger partial charge is 0.231 e. The molecule has 1 aliphatic carbocycles. The van der Waals surface area contributed by atoms with E-state index in [4.69, 9.17) is 14.2 Å². The van der Waals surface area contributed by atoms with E-state index < -0.39 is 0 Å². The summed E-state index contributed by atoms with van der Waals surface area (Å²) in [6.45, 7) is 1.54. The van der Waals surface area contributed by atoms with Gasteiger partial charge in [0, 0.05) is 19.2 Å². The van der Waals surface area contributed by atoms with Gasteiger partial charge in [0.15, 0.2) is 17.5 Å². The van der Waals surface area contributed by atoms with E-state index in [0.717, 1.165) is 23.2 Å². The Kier molecular flexibility index (Phi) is 7.74. The Bertz CT molecular complexity index is 548. The quantitative estimate of drug-likeness (QED) is 0.315. The van der Waals surface area contributed by atoms with Crippen LogP contribution in [0.25, 0.3) is 0 Å². The zero-order valence-electron chi connectivity index (χ0n) is 14.0. The molecule has 0 amide bonds. The molecule has 0 aromatic heterocycles. The van der Waals surface area contributed by atoms with E-state index in [0.29, 0.717) is 19.2 Å². The van der Waals surface area contributed by atoms with Gasteiger partial charge in [-0.05, 0) is 25.0 Å². The number of ether oxygens (including phenoxy) is 3. The number of hydrogen-bond donors (Lipinski definition) is 2. The molecule has 1 aliphatic heterocycles. The van der Waals surface area contributed by atoms with E-state index in [1.54, 1.807) is 7.05 Å². The fraction of sp³-hybridized carbons (Fsp3) is 0.588. The summed E-state index contributed by atoms with van der Waals surface area (Å²) in [5, 5.41) is 6.78. The number of aliphatic imine (C=N–C) groups is 1. The summed E-state index contributed by atoms with van der Waals surface area (Å²) < 4.78 is 16.4. The van der Waals surface area contributed by atoms with Crippen LogP contribution in [0, 0.1) is 0 Å². The van der Waals surface area contributed by atoms with Crippen molar-refractivity contribution in [2.75, 3.05) is 27.0 Å². The number of hydrogen-bond acceptors (Lipinski definition) is 4. The maximum atomic E-state index is 5.74. The summed E-state index contributed by atoms with van der Waals surface area (Å²) in [6.07, 6.45) is 6.43. The van der Waals surface area contributed by atoms with Crippen molar-refractivity contribution in [1.82, 2.24) is 10.6 Å². The monoisotopic (exact) mass is 447 g/mol. The average molecular weight is 447 g/mol. The second kappa shape index (κ2) is 9.80. The standard InChI is InChI=1S/C17H25N3O3.HI/c1-18-17(20-13-5-3-2-4-6-13)19-9-10-21-14-7-8-15-16(11-14)23-12-22-15;/h7-8,11,13H,2-6,9-10,12H2,1H3,(H2,18,19,20);1H. The molecule has 0 spiro atoms. The van der Waals surface area contributed by atoms with Gasteiger partial charge in [0.2, 0.25) is 6.79 Å². The summed E-state index contributed by atoms with van der Waals surface area (Å²) >= 11 is 0. The molecule has 7 heteroatoms. The number of halogens is 1. The van der Waals surface area contributed by atoms with Gasteiger partial charge in [-0.3, -0.25) is 4.99 Å². The van der Waals surface area contributed by atoms with Crippen LogP contribution < -0.4 is 24.8 Å². The van der Waals surface area contributed by atoms with Crippen LogP contribution in [0.15, 0.2) is 23.2 Å². The zero-order chi connectivity index (χ0) is 15.9. The number of benzene rings is 1. The first-order valence-electron chi connectivity index (χ1n) is 8.35. The molecular formula is C17H26IN3O3. The van der Waals surface area contributed by atoms with Crippen LogP contribution in [0.4, 0.5) is 0 Å². The van der Waals surface area contributed by atoms with Crippen molar-refractivity contribution in [3.8, 4) is 17.2 Å². The van der Waals surface area contributed by atoms with Crippen LogP contribution in [0.2, 0.25) is 0 Å². The molecule has 0 atom stereocenters. The van der Waals surface area contributed by atoms with Crippen molar-refractivity contribution in [3.63, 3.8) is 0 Å². The first kappa shape index (κ1) is 19.0. The van der Waals surface area contributed by atoms with E-state index >= 15 is 0 Å². The average Bonchev–Trinajstić information content (AvgIpc) is 3.06. The predicted molar refractivity (Wildman–Crippen MR) is 105 cm³/mol. The number of nitrogens with one attached hydrogen (secondary N) is 2. The van der Waals surface area contributed by atoms with Gasteiger partial charge >= 0.3 is 0 Å². The molecule has 1 aromatic rings. The van der Waals surface area contributed by atoms with E-state index in [1.165, 1.54) is 32.1 Å². The Labute approximate surface area is 160 Å². The van der Waals surface area contributed by atoms with Crippen molar-refractivity contribution in [1.29, 1.82) is 0 Å². The minimum Gasteiger partial charge on any atom is -0.492 e. The molecule has 2 aliphatic rings. The molecule has 1 saturated carbocycles. The van der Waals surface area contributed by atoms with Crippen molar-refractivity contribution in [3.05, 3.63) is 18.2 Å². The van der Waals surface area contributed by atoms with Crippen molar-refractivity contribution in [2.24, 2.45) is 4.99 Å². The molecule has 1 aromatic carbocycles. The molecule has 0 bridgehead atoms. The van der Waals surface area contributed by atoms with Crippen molar-refractivity contribution >= 4 is 29.9 Å². The predicted octanol–water partition coefficient (Wildman–Crippen LogP) is 2.91. The Morgan fingerprint density at radius 1 is 1.21 bits per heavy atom. The number of rotatable bonds is 5. The molecule has 0 unspecified atom stereocenters. The van der Waals surface area contributed by atoms with Crippen LogP contribution in [-0.4, -0.2) is 39.0 Å². The second-order valence-corrected chi connectivity index (χ2v) is 5.84. The van der Waals surface area contributed by atoms with Crippen LogP contribution in [-0.2, 0) is 0 Å². The minimum absolute atomic E-state index is 0. The summed E-state index contributed by atoms with van der Waals surface area (Å²) in [5.74, 6) is 3.15. The lowest BCUT2D eigenvalue weighted by Gasteiger charge is -2.24. The van der Waals surface area contributed by atoms with Gasteiger partial charge in [0.25, 0.3) is 0 Å².